The molecular weight excluding hydrogens is 240 g/mol. The molecule has 0 fully saturated rings. The van der Waals surface area contributed by atoms with Crippen LogP contribution in [-0.4, -0.2) is 30.8 Å². The van der Waals surface area contributed by atoms with E-state index < -0.39 is 32.7 Å². The maximum absolute atomic E-state index is 11.3. The fraction of sp³-hybridized carbons (Fsp3) is 0. The first-order valence-electron chi connectivity index (χ1n) is 3.84. The van der Waals surface area contributed by atoms with Gasteiger partial charge < -0.3 is 14.4 Å². The number of hydrogen-bond donors (Lipinski definition) is 2. The van der Waals surface area contributed by atoms with E-state index in [0.29, 0.717) is 0 Å². The Morgan fingerprint density at radius 1 is 1.12 bits per heavy atom. The number of aromatic carboxylic acids is 1. The third kappa shape index (κ3) is 2.48. The molecule has 1 aromatic rings. The number of carbonyl (C=O) groups is 2. The van der Waals surface area contributed by atoms with E-state index in [1.807, 2.05) is 0 Å². The molecule has 0 unspecified atom stereocenters. The van der Waals surface area contributed by atoms with E-state index in [4.69, 9.17) is 10.2 Å². The summed E-state index contributed by atoms with van der Waals surface area (Å²) in [6.07, 6.45) is -2.03. The van der Waals surface area contributed by atoms with Crippen LogP contribution in [0.4, 0.5) is 4.79 Å². The Hall–Kier alpha value is -2.09. The fourth-order valence-corrected chi connectivity index (χ4v) is 1.95. The molecule has 1 aromatic carbocycles. The van der Waals surface area contributed by atoms with Crippen LogP contribution in [0.3, 0.4) is 0 Å². The molecule has 0 radical (unpaired) electrons. The first kappa shape index (κ1) is 12.0. The molecule has 86 valence electrons. The quantitative estimate of drug-likeness (QED) is 0.756. The third-order valence-electron chi connectivity index (χ3n) is 1.57. The van der Waals surface area contributed by atoms with Gasteiger partial charge in [0, 0.05) is 0 Å². The van der Waals surface area contributed by atoms with Crippen molar-refractivity contribution in [2.45, 2.75) is 4.90 Å². The van der Waals surface area contributed by atoms with E-state index in [9.17, 15) is 18.0 Å². The summed E-state index contributed by atoms with van der Waals surface area (Å²) < 4.78 is 26.2. The smallest absolute Gasteiger partial charge is 0.478 e. The molecule has 1 rings (SSSR count). The molecule has 0 atom stereocenters. The van der Waals surface area contributed by atoms with E-state index in [1.165, 1.54) is 12.1 Å². The van der Waals surface area contributed by atoms with E-state index in [1.54, 1.807) is 0 Å². The highest BCUT2D eigenvalue weighted by Gasteiger charge is 2.25. The highest BCUT2D eigenvalue weighted by Crippen LogP contribution is 2.17. The zero-order valence-electron chi connectivity index (χ0n) is 7.65. The third-order valence-corrected chi connectivity index (χ3v) is 2.82. The Morgan fingerprint density at radius 2 is 1.69 bits per heavy atom. The van der Waals surface area contributed by atoms with Crippen molar-refractivity contribution >= 4 is 22.2 Å². The molecule has 0 heterocycles. The Kier molecular flexibility index (Phi) is 3.14. The predicted molar refractivity (Wildman–Crippen MR) is 49.7 cm³/mol. The molecule has 0 amide bonds. The molecule has 8 heteroatoms. The van der Waals surface area contributed by atoms with Crippen molar-refractivity contribution < 1.29 is 32.4 Å². The highest BCUT2D eigenvalue weighted by molar-refractivity contribution is 7.87. The second-order valence-corrected chi connectivity index (χ2v) is 4.12. The zero-order chi connectivity index (χ0) is 12.3. The van der Waals surface area contributed by atoms with Gasteiger partial charge in [-0.05, 0) is 12.1 Å². The standard InChI is InChI=1S/C8H6O7S/c9-7(10)5-3-1-2-4-6(5)16(13,14)15-8(11)12/h1-4H,(H,9,10)(H,11,12). The second kappa shape index (κ2) is 4.19. The summed E-state index contributed by atoms with van der Waals surface area (Å²) in [6.45, 7) is 0. The minimum atomic E-state index is -4.62. The van der Waals surface area contributed by atoms with Crippen LogP contribution in [0.25, 0.3) is 0 Å². The van der Waals surface area contributed by atoms with Crippen LogP contribution in [-0.2, 0) is 14.3 Å². The highest BCUT2D eigenvalue weighted by atomic mass is 32.2. The molecule has 0 bridgehead atoms. The van der Waals surface area contributed by atoms with Gasteiger partial charge in [-0.25, -0.2) is 9.59 Å². The number of carboxylic acids is 1. The number of benzene rings is 1. The lowest BCUT2D eigenvalue weighted by Crippen LogP contribution is -2.14. The Labute approximate surface area is 90.0 Å². The lowest BCUT2D eigenvalue weighted by molar-refractivity contribution is 0.0691. The number of carboxylic acid groups (broad SMARTS) is 2. The van der Waals surface area contributed by atoms with Gasteiger partial charge in [-0.15, -0.1) is 0 Å². The van der Waals surface area contributed by atoms with Gasteiger partial charge in [-0.2, -0.15) is 8.42 Å². The van der Waals surface area contributed by atoms with Crippen molar-refractivity contribution in [2.75, 3.05) is 0 Å². The van der Waals surface area contributed by atoms with Crippen LogP contribution in [0.15, 0.2) is 29.2 Å². The summed E-state index contributed by atoms with van der Waals surface area (Å²) in [6, 6.07) is 4.54. The molecule has 0 aromatic heterocycles. The lowest BCUT2D eigenvalue weighted by Gasteiger charge is -2.04. The van der Waals surface area contributed by atoms with Crippen LogP contribution in [0.5, 0.6) is 0 Å². The molecule has 0 aliphatic rings. The van der Waals surface area contributed by atoms with Gasteiger partial charge in [-0.1, -0.05) is 12.1 Å². The molecule has 0 saturated carbocycles. The van der Waals surface area contributed by atoms with Gasteiger partial charge in [0.1, 0.15) is 4.90 Å². The molecular formula is C8H6O7S. The van der Waals surface area contributed by atoms with Crippen molar-refractivity contribution in [1.29, 1.82) is 0 Å². The average molecular weight is 246 g/mol. The van der Waals surface area contributed by atoms with Gasteiger partial charge >= 0.3 is 22.2 Å². The van der Waals surface area contributed by atoms with E-state index in [0.717, 1.165) is 12.1 Å². The van der Waals surface area contributed by atoms with Crippen molar-refractivity contribution in [3.05, 3.63) is 29.8 Å². The molecule has 0 aliphatic heterocycles. The minimum Gasteiger partial charge on any atom is -0.478 e. The molecule has 0 saturated heterocycles. The zero-order valence-corrected chi connectivity index (χ0v) is 8.47. The van der Waals surface area contributed by atoms with Crippen LogP contribution in [0.1, 0.15) is 10.4 Å². The van der Waals surface area contributed by atoms with Gasteiger partial charge in [0.05, 0.1) is 5.56 Å². The normalized spacial score (nSPS) is 10.8. The predicted octanol–water partition coefficient (Wildman–Crippen LogP) is 0.768. The maximum Gasteiger partial charge on any atom is 0.522 e. The fourth-order valence-electron chi connectivity index (χ4n) is 1.00. The summed E-state index contributed by atoms with van der Waals surface area (Å²) >= 11 is 0. The largest absolute Gasteiger partial charge is 0.522 e. The van der Waals surface area contributed by atoms with Gasteiger partial charge in [-0.3, -0.25) is 0 Å². The van der Waals surface area contributed by atoms with Crippen molar-refractivity contribution in [3.63, 3.8) is 0 Å². The first-order chi connectivity index (χ1) is 7.34. The van der Waals surface area contributed by atoms with Crippen molar-refractivity contribution in [3.8, 4) is 0 Å². The molecule has 0 aliphatic carbocycles. The van der Waals surface area contributed by atoms with Crippen LogP contribution < -0.4 is 0 Å². The first-order valence-corrected chi connectivity index (χ1v) is 5.25. The van der Waals surface area contributed by atoms with Crippen molar-refractivity contribution in [2.24, 2.45) is 0 Å². The van der Waals surface area contributed by atoms with Crippen LogP contribution >= 0.6 is 0 Å². The monoisotopic (exact) mass is 246 g/mol. The van der Waals surface area contributed by atoms with E-state index in [-0.39, 0.29) is 0 Å². The Bertz CT molecular complexity index is 531. The maximum atomic E-state index is 11.3. The topological polar surface area (TPSA) is 118 Å². The minimum absolute atomic E-state index is 0.552. The lowest BCUT2D eigenvalue weighted by atomic mass is 10.2. The summed E-state index contributed by atoms with van der Waals surface area (Å²) in [7, 11) is -4.62. The van der Waals surface area contributed by atoms with Crippen LogP contribution in [0, 0.1) is 0 Å². The van der Waals surface area contributed by atoms with Crippen LogP contribution in [0.2, 0.25) is 0 Å². The van der Waals surface area contributed by atoms with Gasteiger partial charge in [0.15, 0.2) is 0 Å². The summed E-state index contributed by atoms with van der Waals surface area (Å²) in [5.74, 6) is -1.49. The Morgan fingerprint density at radius 3 is 2.19 bits per heavy atom. The molecule has 0 spiro atoms. The summed E-state index contributed by atoms with van der Waals surface area (Å²) in [4.78, 5) is 20.1. The van der Waals surface area contributed by atoms with Gasteiger partial charge in [0.25, 0.3) is 0 Å². The summed E-state index contributed by atoms with van der Waals surface area (Å²) in [5.41, 5.74) is -0.552. The molecule has 7 nitrogen and oxygen atoms in total. The van der Waals surface area contributed by atoms with E-state index in [2.05, 4.69) is 4.18 Å². The number of hydrogen-bond acceptors (Lipinski definition) is 5. The van der Waals surface area contributed by atoms with E-state index >= 15 is 0 Å². The van der Waals surface area contributed by atoms with Crippen molar-refractivity contribution in [1.82, 2.24) is 0 Å². The molecule has 16 heavy (non-hydrogen) atoms. The Balaban J connectivity index is 3.33. The average Bonchev–Trinajstić information content (AvgIpc) is 2.15. The SMILES string of the molecule is O=C(O)OS(=O)(=O)c1ccccc1C(=O)O. The second-order valence-electron chi connectivity index (χ2n) is 2.60. The summed E-state index contributed by atoms with van der Waals surface area (Å²) in [5, 5.41) is 16.9. The van der Waals surface area contributed by atoms with Gasteiger partial charge in [0.2, 0.25) is 0 Å². The number of rotatable bonds is 3. The molecule has 2 N–H and O–H groups in total.